The number of hydrogen-bond acceptors (Lipinski definition) is 4. The van der Waals surface area contributed by atoms with Gasteiger partial charge in [-0.3, -0.25) is 4.98 Å². The molecule has 0 unspecified atom stereocenters. The van der Waals surface area contributed by atoms with Gasteiger partial charge in [0.15, 0.2) is 0 Å². The number of carbonyl (C=O) groups is 1. The second kappa shape index (κ2) is 7.95. The Hall–Kier alpha value is -1.95. The number of rotatable bonds is 3. The van der Waals surface area contributed by atoms with Crippen LogP contribution in [-0.4, -0.2) is 27.4 Å². The SMILES string of the molecule is Cc1nc(C)c([C@@H](C)NC(=O)N2CCCCC[C@@H]2c2ccncc2)s1. The fraction of sp³-hybridized carbons (Fsp3) is 0.526. The van der Waals surface area contributed by atoms with Gasteiger partial charge in [0.2, 0.25) is 0 Å². The van der Waals surface area contributed by atoms with Crippen molar-refractivity contribution in [2.45, 2.75) is 58.5 Å². The number of nitrogens with one attached hydrogen (secondary N) is 1. The largest absolute Gasteiger partial charge is 0.331 e. The molecule has 2 aromatic rings. The van der Waals surface area contributed by atoms with Gasteiger partial charge < -0.3 is 10.2 Å². The predicted octanol–water partition coefficient (Wildman–Crippen LogP) is 4.54. The Labute approximate surface area is 153 Å². The number of thiazole rings is 1. The molecule has 2 amide bonds. The number of aromatic nitrogens is 2. The maximum atomic E-state index is 13.0. The molecule has 134 valence electrons. The standard InChI is InChI=1S/C19H26N4OS/c1-13-18(25-15(3)21-13)14(2)22-19(24)23-12-6-4-5-7-17(23)16-8-10-20-11-9-16/h8-11,14,17H,4-7,12H2,1-3H3,(H,22,24)/t14-,17-/m1/s1. The maximum Gasteiger partial charge on any atom is 0.318 e. The van der Waals surface area contributed by atoms with Crippen molar-refractivity contribution in [1.29, 1.82) is 0 Å². The highest BCUT2D eigenvalue weighted by Gasteiger charge is 2.28. The van der Waals surface area contributed by atoms with Gasteiger partial charge in [-0.1, -0.05) is 12.8 Å². The molecule has 1 fully saturated rings. The van der Waals surface area contributed by atoms with Crippen LogP contribution in [0.3, 0.4) is 0 Å². The van der Waals surface area contributed by atoms with Crippen LogP contribution in [0.4, 0.5) is 4.79 Å². The van der Waals surface area contributed by atoms with Gasteiger partial charge in [0.05, 0.1) is 22.8 Å². The molecule has 5 nitrogen and oxygen atoms in total. The molecule has 0 aromatic carbocycles. The lowest BCUT2D eigenvalue weighted by Gasteiger charge is -2.31. The maximum absolute atomic E-state index is 13.0. The fourth-order valence-electron chi connectivity index (χ4n) is 3.57. The van der Waals surface area contributed by atoms with E-state index in [0.717, 1.165) is 41.4 Å². The summed E-state index contributed by atoms with van der Waals surface area (Å²) < 4.78 is 0. The van der Waals surface area contributed by atoms with E-state index >= 15 is 0 Å². The van der Waals surface area contributed by atoms with Crippen molar-refractivity contribution in [1.82, 2.24) is 20.2 Å². The summed E-state index contributed by atoms with van der Waals surface area (Å²) in [4.78, 5) is 24.7. The average molecular weight is 359 g/mol. The van der Waals surface area contributed by atoms with Gasteiger partial charge in [-0.05, 0) is 51.3 Å². The quantitative estimate of drug-likeness (QED) is 0.876. The third-order valence-electron chi connectivity index (χ3n) is 4.78. The predicted molar refractivity (Wildman–Crippen MR) is 101 cm³/mol. The number of carbonyl (C=O) groups excluding carboxylic acids is 1. The lowest BCUT2D eigenvalue weighted by atomic mass is 10.0. The van der Waals surface area contributed by atoms with Gasteiger partial charge in [0.1, 0.15) is 0 Å². The van der Waals surface area contributed by atoms with E-state index in [0.29, 0.717) is 0 Å². The van der Waals surface area contributed by atoms with E-state index < -0.39 is 0 Å². The van der Waals surface area contributed by atoms with E-state index in [2.05, 4.69) is 15.3 Å². The van der Waals surface area contributed by atoms with Crippen LogP contribution < -0.4 is 5.32 Å². The number of amides is 2. The third-order valence-corrected chi connectivity index (χ3v) is 6.03. The summed E-state index contributed by atoms with van der Waals surface area (Å²) in [6, 6.07) is 4.16. The Morgan fingerprint density at radius 2 is 2.04 bits per heavy atom. The molecule has 1 aliphatic heterocycles. The first kappa shape index (κ1) is 17.9. The van der Waals surface area contributed by atoms with Gasteiger partial charge in [0.25, 0.3) is 0 Å². The summed E-state index contributed by atoms with van der Waals surface area (Å²) in [7, 11) is 0. The van der Waals surface area contributed by atoms with E-state index in [1.807, 2.05) is 50.2 Å². The van der Waals surface area contributed by atoms with Crippen LogP contribution in [0.25, 0.3) is 0 Å². The first-order valence-corrected chi connectivity index (χ1v) is 9.79. The minimum atomic E-state index is -0.0277. The molecule has 2 atom stereocenters. The smallest absolute Gasteiger partial charge is 0.318 e. The molecule has 0 aliphatic carbocycles. The third kappa shape index (κ3) is 4.18. The summed E-state index contributed by atoms with van der Waals surface area (Å²) in [5.41, 5.74) is 2.18. The van der Waals surface area contributed by atoms with Gasteiger partial charge >= 0.3 is 6.03 Å². The second-order valence-electron chi connectivity index (χ2n) is 6.69. The molecule has 0 bridgehead atoms. The Morgan fingerprint density at radius 1 is 1.28 bits per heavy atom. The zero-order chi connectivity index (χ0) is 17.8. The molecule has 0 spiro atoms. The number of likely N-dealkylation sites (tertiary alicyclic amines) is 1. The summed E-state index contributed by atoms with van der Waals surface area (Å²) in [6.45, 7) is 6.85. The van der Waals surface area contributed by atoms with Crippen molar-refractivity contribution in [3.8, 4) is 0 Å². The highest BCUT2D eigenvalue weighted by atomic mass is 32.1. The fourth-order valence-corrected chi connectivity index (χ4v) is 4.50. The number of pyridine rings is 1. The van der Waals surface area contributed by atoms with Crippen molar-refractivity contribution < 1.29 is 4.79 Å². The van der Waals surface area contributed by atoms with Gasteiger partial charge in [-0.25, -0.2) is 9.78 Å². The summed E-state index contributed by atoms with van der Waals surface area (Å²) in [6.07, 6.45) is 8.00. The van der Waals surface area contributed by atoms with Crippen molar-refractivity contribution in [3.05, 3.63) is 45.7 Å². The zero-order valence-electron chi connectivity index (χ0n) is 15.2. The van der Waals surface area contributed by atoms with Crippen LogP contribution in [0.1, 0.15) is 65.8 Å². The Balaban J connectivity index is 1.77. The van der Waals surface area contributed by atoms with Crippen molar-refractivity contribution >= 4 is 17.4 Å². The summed E-state index contributed by atoms with van der Waals surface area (Å²) in [5, 5.41) is 4.23. The Kier molecular flexibility index (Phi) is 5.68. The molecule has 2 aromatic heterocycles. The lowest BCUT2D eigenvalue weighted by molar-refractivity contribution is 0.173. The van der Waals surface area contributed by atoms with Gasteiger partial charge in [-0.15, -0.1) is 11.3 Å². The zero-order valence-corrected chi connectivity index (χ0v) is 16.0. The summed E-state index contributed by atoms with van der Waals surface area (Å²) in [5.74, 6) is 0. The lowest BCUT2D eigenvalue weighted by Crippen LogP contribution is -2.43. The first-order valence-electron chi connectivity index (χ1n) is 8.97. The number of aryl methyl sites for hydroxylation is 2. The molecule has 1 N–H and O–H groups in total. The minimum Gasteiger partial charge on any atom is -0.331 e. The molecule has 3 heterocycles. The Bertz CT molecular complexity index is 715. The number of hydrogen-bond donors (Lipinski definition) is 1. The van der Waals surface area contributed by atoms with E-state index in [4.69, 9.17) is 0 Å². The second-order valence-corrected chi connectivity index (χ2v) is 7.93. The van der Waals surface area contributed by atoms with Crippen LogP contribution in [0.2, 0.25) is 0 Å². The molecule has 3 rings (SSSR count). The first-order chi connectivity index (χ1) is 12.1. The van der Waals surface area contributed by atoms with Crippen LogP contribution in [0.5, 0.6) is 0 Å². The highest BCUT2D eigenvalue weighted by Crippen LogP contribution is 2.31. The minimum absolute atomic E-state index is 0.0154. The topological polar surface area (TPSA) is 58.1 Å². The van der Waals surface area contributed by atoms with Gasteiger partial charge in [0, 0.05) is 23.8 Å². The average Bonchev–Trinajstić information content (AvgIpc) is 2.81. The molecule has 6 heteroatoms. The van der Waals surface area contributed by atoms with E-state index in [1.54, 1.807) is 11.3 Å². The van der Waals surface area contributed by atoms with Crippen molar-refractivity contribution in [2.75, 3.05) is 6.54 Å². The van der Waals surface area contributed by atoms with Crippen LogP contribution in [0.15, 0.2) is 24.5 Å². The molecule has 0 radical (unpaired) electrons. The molecule has 0 saturated carbocycles. The van der Waals surface area contributed by atoms with Crippen LogP contribution in [-0.2, 0) is 0 Å². The highest BCUT2D eigenvalue weighted by molar-refractivity contribution is 7.11. The normalized spacial score (nSPS) is 19.3. The summed E-state index contributed by atoms with van der Waals surface area (Å²) >= 11 is 1.66. The van der Waals surface area contributed by atoms with E-state index in [1.165, 1.54) is 12.0 Å². The number of urea groups is 1. The van der Waals surface area contributed by atoms with E-state index in [9.17, 15) is 4.79 Å². The Morgan fingerprint density at radius 3 is 2.72 bits per heavy atom. The van der Waals surface area contributed by atoms with Crippen molar-refractivity contribution in [2.24, 2.45) is 0 Å². The number of nitrogens with zero attached hydrogens (tertiary/aromatic N) is 3. The van der Waals surface area contributed by atoms with Gasteiger partial charge in [-0.2, -0.15) is 0 Å². The van der Waals surface area contributed by atoms with Crippen molar-refractivity contribution in [3.63, 3.8) is 0 Å². The van der Waals surface area contributed by atoms with Crippen LogP contribution in [0, 0.1) is 13.8 Å². The van der Waals surface area contributed by atoms with Crippen LogP contribution >= 0.6 is 11.3 Å². The molecular formula is C19H26N4OS. The molecule has 1 aliphatic rings. The molecular weight excluding hydrogens is 332 g/mol. The molecule has 1 saturated heterocycles. The monoisotopic (exact) mass is 358 g/mol. The van der Waals surface area contributed by atoms with E-state index in [-0.39, 0.29) is 18.1 Å². The molecule has 25 heavy (non-hydrogen) atoms.